The van der Waals surface area contributed by atoms with E-state index in [2.05, 4.69) is 157 Å². The molecule has 6 aromatic carbocycles. The van der Waals surface area contributed by atoms with E-state index >= 15 is 0 Å². The molecule has 0 spiro atoms. The monoisotopic (exact) mass is 668 g/mol. The number of benzene rings is 6. The molecule has 2 N–H and O–H groups in total. The van der Waals surface area contributed by atoms with Crippen molar-refractivity contribution in [3.8, 4) is 0 Å². The van der Waals surface area contributed by atoms with Crippen molar-refractivity contribution in [2.24, 2.45) is 0 Å². The Hall–Kier alpha value is -3.87. The van der Waals surface area contributed by atoms with Crippen molar-refractivity contribution in [1.82, 2.24) is 4.90 Å². The largest absolute Gasteiger partial charge is 0.399 e. The van der Waals surface area contributed by atoms with Crippen LogP contribution in [0.25, 0.3) is 0 Å². The van der Waals surface area contributed by atoms with Gasteiger partial charge in [0.1, 0.15) is 0 Å². The number of hydrogen-bond acceptors (Lipinski definition) is 5. The molecule has 5 heteroatoms. The highest BCUT2D eigenvalue weighted by Gasteiger charge is 2.16. The van der Waals surface area contributed by atoms with E-state index in [-0.39, 0.29) is 0 Å². The second-order valence-corrected chi connectivity index (χ2v) is 14.6. The van der Waals surface area contributed by atoms with E-state index in [1.54, 1.807) is 0 Å². The van der Waals surface area contributed by atoms with Gasteiger partial charge in [-0.1, -0.05) is 133 Å². The zero-order valence-corrected chi connectivity index (χ0v) is 29.0. The van der Waals surface area contributed by atoms with Gasteiger partial charge < -0.3 is 5.73 Å². The number of rotatable bonds is 15. The Labute approximate surface area is 292 Å². The number of thioether (sulfide) groups is 3. The first-order valence-electron chi connectivity index (χ1n) is 16.0. The second-order valence-electron chi connectivity index (χ2n) is 11.6. The van der Waals surface area contributed by atoms with Crippen LogP contribution in [0, 0.1) is 0 Å². The summed E-state index contributed by atoms with van der Waals surface area (Å²) in [6.07, 6.45) is 0. The lowest BCUT2D eigenvalue weighted by Crippen LogP contribution is -2.23. The van der Waals surface area contributed by atoms with E-state index in [9.17, 15) is 0 Å². The molecule has 0 heterocycles. The van der Waals surface area contributed by atoms with Crippen molar-refractivity contribution in [2.75, 3.05) is 5.73 Å². The van der Waals surface area contributed by atoms with Crippen LogP contribution in [0.1, 0.15) is 33.4 Å². The first-order valence-corrected chi connectivity index (χ1v) is 18.9. The standard InChI is InChI=1S/C42H40N2S3/c43-39-25-24-38(42(26-39)47-32-35-18-8-3-9-19-35)29-44(27-36-20-10-12-22-40(36)45-30-33-14-4-1-5-15-33)28-37-21-11-13-23-41(37)46-31-34-16-6-2-7-17-34/h1-26H,27-32,43H2. The number of anilines is 1. The van der Waals surface area contributed by atoms with Crippen molar-refractivity contribution in [2.45, 2.75) is 51.6 Å². The van der Waals surface area contributed by atoms with Crippen LogP contribution in [0.5, 0.6) is 0 Å². The van der Waals surface area contributed by atoms with Gasteiger partial charge in [0, 0.05) is 57.3 Å². The molecule has 0 aliphatic carbocycles. The molecular formula is C42H40N2S3. The Morgan fingerprint density at radius 1 is 0.383 bits per heavy atom. The highest BCUT2D eigenvalue weighted by Crippen LogP contribution is 2.33. The Bertz CT molecular complexity index is 1740. The van der Waals surface area contributed by atoms with Gasteiger partial charge in [0.05, 0.1) is 0 Å². The lowest BCUT2D eigenvalue weighted by molar-refractivity contribution is 0.242. The topological polar surface area (TPSA) is 29.3 Å². The minimum absolute atomic E-state index is 0.807. The van der Waals surface area contributed by atoms with E-state index in [0.29, 0.717) is 0 Å². The number of nitrogen functional groups attached to an aromatic ring is 1. The Morgan fingerprint density at radius 3 is 1.19 bits per heavy atom. The van der Waals surface area contributed by atoms with E-state index in [1.807, 2.05) is 41.4 Å². The van der Waals surface area contributed by atoms with Gasteiger partial charge in [-0.05, 0) is 57.6 Å². The maximum Gasteiger partial charge on any atom is 0.0325 e. The lowest BCUT2D eigenvalue weighted by Gasteiger charge is -2.26. The quantitative estimate of drug-likeness (QED) is 0.0869. The molecule has 0 aliphatic heterocycles. The molecule has 0 fully saturated rings. The molecule has 6 rings (SSSR count). The summed E-state index contributed by atoms with van der Waals surface area (Å²) >= 11 is 5.72. The minimum atomic E-state index is 0.807. The van der Waals surface area contributed by atoms with Crippen molar-refractivity contribution in [3.05, 3.63) is 191 Å². The summed E-state index contributed by atoms with van der Waals surface area (Å²) in [5, 5.41) is 0. The minimum Gasteiger partial charge on any atom is -0.399 e. The van der Waals surface area contributed by atoms with E-state index in [0.717, 1.165) is 42.6 Å². The fourth-order valence-electron chi connectivity index (χ4n) is 5.48. The van der Waals surface area contributed by atoms with E-state index in [4.69, 9.17) is 5.73 Å². The second kappa shape index (κ2) is 17.3. The molecule has 6 aromatic rings. The van der Waals surface area contributed by atoms with Gasteiger partial charge in [-0.25, -0.2) is 0 Å². The summed E-state index contributed by atoms with van der Waals surface area (Å²) in [6, 6.07) is 56.4. The van der Waals surface area contributed by atoms with Crippen molar-refractivity contribution in [1.29, 1.82) is 0 Å². The van der Waals surface area contributed by atoms with Gasteiger partial charge in [0.2, 0.25) is 0 Å². The van der Waals surface area contributed by atoms with Crippen LogP contribution in [0.3, 0.4) is 0 Å². The smallest absolute Gasteiger partial charge is 0.0325 e. The third-order valence-corrected chi connectivity index (χ3v) is 11.5. The molecule has 0 saturated heterocycles. The fourth-order valence-corrected chi connectivity index (χ4v) is 8.55. The van der Waals surface area contributed by atoms with E-state index in [1.165, 1.54) is 48.1 Å². The predicted molar refractivity (Wildman–Crippen MR) is 205 cm³/mol. The third-order valence-electron chi connectivity index (χ3n) is 7.93. The molecule has 0 saturated carbocycles. The van der Waals surface area contributed by atoms with Crippen LogP contribution in [-0.4, -0.2) is 4.90 Å². The third kappa shape index (κ3) is 10.1. The summed E-state index contributed by atoms with van der Waals surface area (Å²) in [4.78, 5) is 6.52. The normalized spacial score (nSPS) is 11.2. The zero-order chi connectivity index (χ0) is 32.1. The van der Waals surface area contributed by atoms with Crippen molar-refractivity contribution in [3.63, 3.8) is 0 Å². The Morgan fingerprint density at radius 2 is 0.745 bits per heavy atom. The van der Waals surface area contributed by atoms with E-state index < -0.39 is 0 Å². The fraction of sp³-hybridized carbons (Fsp3) is 0.143. The molecule has 0 aliphatic rings. The maximum absolute atomic E-state index is 6.34. The van der Waals surface area contributed by atoms with Crippen LogP contribution in [0.2, 0.25) is 0 Å². The molecule has 0 aromatic heterocycles. The summed E-state index contributed by atoms with van der Waals surface area (Å²) in [5.74, 6) is 2.82. The molecular weight excluding hydrogens is 629 g/mol. The number of hydrogen-bond donors (Lipinski definition) is 1. The summed E-state index contributed by atoms with van der Waals surface area (Å²) < 4.78 is 0. The van der Waals surface area contributed by atoms with Gasteiger partial charge in [0.15, 0.2) is 0 Å². The molecule has 0 bridgehead atoms. The first kappa shape index (κ1) is 33.0. The highest BCUT2D eigenvalue weighted by molar-refractivity contribution is 7.99. The van der Waals surface area contributed by atoms with Gasteiger partial charge in [0.25, 0.3) is 0 Å². The van der Waals surface area contributed by atoms with Gasteiger partial charge >= 0.3 is 0 Å². The molecule has 0 atom stereocenters. The molecule has 236 valence electrons. The van der Waals surface area contributed by atoms with Crippen LogP contribution in [0.15, 0.2) is 172 Å². The summed E-state index contributed by atoms with van der Waals surface area (Å²) in [7, 11) is 0. The van der Waals surface area contributed by atoms with Crippen LogP contribution in [-0.2, 0) is 36.9 Å². The van der Waals surface area contributed by atoms with Crippen molar-refractivity contribution < 1.29 is 0 Å². The molecule has 47 heavy (non-hydrogen) atoms. The Balaban J connectivity index is 1.27. The Kier molecular flexibility index (Phi) is 12.2. The van der Waals surface area contributed by atoms with Gasteiger partial charge in [-0.3, -0.25) is 4.90 Å². The predicted octanol–water partition coefficient (Wildman–Crippen LogP) is 11.3. The molecule has 0 unspecified atom stereocenters. The van der Waals surface area contributed by atoms with Crippen LogP contribution in [0.4, 0.5) is 5.69 Å². The summed E-state index contributed by atoms with van der Waals surface area (Å²) in [6.45, 7) is 2.53. The SMILES string of the molecule is Nc1ccc(CN(Cc2ccccc2SCc2ccccc2)Cc2ccccc2SCc2ccccc2)c(SCc2ccccc2)c1. The molecule has 0 radical (unpaired) electrons. The van der Waals surface area contributed by atoms with Gasteiger partial charge in [-0.2, -0.15) is 0 Å². The van der Waals surface area contributed by atoms with Crippen LogP contribution >= 0.6 is 35.3 Å². The summed E-state index contributed by atoms with van der Waals surface area (Å²) in [5.41, 5.74) is 15.2. The zero-order valence-electron chi connectivity index (χ0n) is 26.5. The van der Waals surface area contributed by atoms with Crippen molar-refractivity contribution >= 4 is 41.0 Å². The maximum atomic E-state index is 6.34. The highest BCUT2D eigenvalue weighted by atomic mass is 32.2. The van der Waals surface area contributed by atoms with Gasteiger partial charge in [-0.15, -0.1) is 35.3 Å². The number of nitrogens with zero attached hydrogens (tertiary/aromatic N) is 1. The first-order chi connectivity index (χ1) is 23.2. The lowest BCUT2D eigenvalue weighted by atomic mass is 10.1. The molecule has 2 nitrogen and oxygen atoms in total. The average Bonchev–Trinajstić information content (AvgIpc) is 3.12. The average molecular weight is 669 g/mol. The van der Waals surface area contributed by atoms with Crippen LogP contribution < -0.4 is 5.73 Å². The molecule has 0 amide bonds. The number of nitrogens with two attached hydrogens (primary N) is 1.